The highest BCUT2D eigenvalue weighted by Crippen LogP contribution is 2.27. The van der Waals surface area contributed by atoms with E-state index in [4.69, 9.17) is 14.9 Å². The normalized spacial score (nSPS) is 10.7. The van der Waals surface area contributed by atoms with Crippen LogP contribution in [0.2, 0.25) is 0 Å². The van der Waals surface area contributed by atoms with E-state index in [1.165, 1.54) is 6.20 Å². The molecule has 2 aromatic rings. The molecule has 0 aliphatic carbocycles. The summed E-state index contributed by atoms with van der Waals surface area (Å²) in [5, 5.41) is 20.2. The van der Waals surface area contributed by atoms with Crippen LogP contribution in [0.5, 0.6) is 0 Å². The summed E-state index contributed by atoms with van der Waals surface area (Å²) in [6.07, 6.45) is 1.37. The van der Waals surface area contributed by atoms with Gasteiger partial charge in [-0.2, -0.15) is 10.5 Å². The Hall–Kier alpha value is -2.79. The molecule has 0 aliphatic rings. The first-order valence-corrected chi connectivity index (χ1v) is 6.12. The van der Waals surface area contributed by atoms with E-state index in [-0.39, 0.29) is 11.0 Å². The van der Waals surface area contributed by atoms with Crippen molar-refractivity contribution in [3.05, 3.63) is 35.9 Å². The van der Waals surface area contributed by atoms with Crippen molar-refractivity contribution in [2.24, 2.45) is 0 Å². The predicted octanol–water partition coefficient (Wildman–Crippen LogP) is 3.47. The van der Waals surface area contributed by atoms with Gasteiger partial charge in [-0.1, -0.05) is 20.8 Å². The summed E-state index contributed by atoms with van der Waals surface area (Å²) >= 11 is 0. The van der Waals surface area contributed by atoms with Gasteiger partial charge in [0.2, 0.25) is 5.89 Å². The van der Waals surface area contributed by atoms with Crippen LogP contribution in [0.15, 0.2) is 34.4 Å². The Morgan fingerprint density at radius 1 is 1.30 bits per heavy atom. The van der Waals surface area contributed by atoms with Gasteiger partial charge in [-0.25, -0.2) is 4.98 Å². The van der Waals surface area contributed by atoms with Crippen LogP contribution < -0.4 is 5.32 Å². The zero-order valence-corrected chi connectivity index (χ0v) is 11.6. The van der Waals surface area contributed by atoms with Gasteiger partial charge in [-0.3, -0.25) is 0 Å². The molecule has 0 amide bonds. The van der Waals surface area contributed by atoms with Crippen molar-refractivity contribution < 1.29 is 4.42 Å². The summed E-state index contributed by atoms with van der Waals surface area (Å²) in [6.45, 7) is 6.10. The lowest BCUT2D eigenvalue weighted by atomic mass is 9.97. The number of allylic oxidation sites excluding steroid dienone is 1. The van der Waals surface area contributed by atoms with E-state index in [2.05, 4.69) is 10.3 Å². The summed E-state index contributed by atoms with van der Waals surface area (Å²) < 4.78 is 5.70. The van der Waals surface area contributed by atoms with E-state index < -0.39 is 0 Å². The maximum absolute atomic E-state index is 8.66. The van der Waals surface area contributed by atoms with Gasteiger partial charge in [0.1, 0.15) is 23.2 Å². The van der Waals surface area contributed by atoms with E-state index in [1.54, 1.807) is 12.1 Å². The number of fused-ring (bicyclic) bond motifs is 1. The van der Waals surface area contributed by atoms with Crippen LogP contribution >= 0.6 is 0 Å². The number of nitrogens with zero attached hydrogens (tertiary/aromatic N) is 3. The second kappa shape index (κ2) is 5.07. The number of benzene rings is 1. The molecule has 0 saturated carbocycles. The Labute approximate surface area is 117 Å². The summed E-state index contributed by atoms with van der Waals surface area (Å²) in [5.41, 5.74) is 2.06. The lowest BCUT2D eigenvalue weighted by Crippen LogP contribution is -2.10. The van der Waals surface area contributed by atoms with Crippen molar-refractivity contribution in [3.8, 4) is 12.1 Å². The molecule has 2 rings (SSSR count). The predicted molar refractivity (Wildman–Crippen MR) is 75.6 cm³/mol. The smallest absolute Gasteiger partial charge is 0.200 e. The third kappa shape index (κ3) is 2.78. The minimum absolute atomic E-state index is 0.0145. The monoisotopic (exact) mass is 266 g/mol. The van der Waals surface area contributed by atoms with E-state index in [9.17, 15) is 0 Å². The molecule has 0 spiro atoms. The molecule has 0 unspecified atom stereocenters. The fourth-order valence-electron chi connectivity index (χ4n) is 1.58. The molecular weight excluding hydrogens is 252 g/mol. The summed E-state index contributed by atoms with van der Waals surface area (Å²) in [4.78, 5) is 4.45. The minimum atomic E-state index is -0.151. The quantitative estimate of drug-likeness (QED) is 0.841. The van der Waals surface area contributed by atoms with Crippen molar-refractivity contribution >= 4 is 16.8 Å². The number of oxazole rings is 1. The fraction of sp³-hybridized carbons (Fsp3) is 0.267. The molecule has 1 N–H and O–H groups in total. The molecule has 1 aromatic heterocycles. The Morgan fingerprint density at radius 2 is 2.00 bits per heavy atom. The number of nitrogens with one attached hydrogen (secondary N) is 1. The van der Waals surface area contributed by atoms with Crippen molar-refractivity contribution in [1.82, 2.24) is 4.98 Å². The van der Waals surface area contributed by atoms with Crippen molar-refractivity contribution in [1.29, 1.82) is 10.5 Å². The number of hydrogen-bond donors (Lipinski definition) is 1. The topological polar surface area (TPSA) is 85.6 Å². The van der Waals surface area contributed by atoms with Gasteiger partial charge in [0.05, 0.1) is 0 Å². The summed E-state index contributed by atoms with van der Waals surface area (Å²) in [7, 11) is 0. The number of anilines is 1. The molecule has 0 atom stereocenters. The maximum atomic E-state index is 8.66. The first-order valence-electron chi connectivity index (χ1n) is 6.12. The lowest BCUT2D eigenvalue weighted by Gasteiger charge is -2.11. The number of hydrogen-bond acceptors (Lipinski definition) is 5. The van der Waals surface area contributed by atoms with E-state index in [0.717, 1.165) is 11.2 Å². The maximum Gasteiger partial charge on any atom is 0.200 e. The van der Waals surface area contributed by atoms with Gasteiger partial charge in [0.15, 0.2) is 5.58 Å². The first kappa shape index (κ1) is 13.6. The summed E-state index contributed by atoms with van der Waals surface area (Å²) in [5.74, 6) is 0.676. The molecule has 100 valence electrons. The van der Waals surface area contributed by atoms with Crippen LogP contribution in [0.25, 0.3) is 11.1 Å². The lowest BCUT2D eigenvalue weighted by molar-refractivity contribution is 0.411. The van der Waals surface area contributed by atoms with E-state index in [1.807, 2.05) is 39.0 Å². The third-order valence-corrected chi connectivity index (χ3v) is 2.65. The molecule has 20 heavy (non-hydrogen) atoms. The molecule has 0 radical (unpaired) electrons. The number of rotatable bonds is 2. The molecule has 5 heteroatoms. The molecule has 1 heterocycles. The zero-order chi connectivity index (χ0) is 14.8. The Bertz CT molecular complexity index is 735. The largest absolute Gasteiger partial charge is 0.440 e. The highest BCUT2D eigenvalue weighted by molar-refractivity contribution is 5.77. The molecular formula is C15H14N4O. The molecule has 0 saturated heterocycles. The molecule has 0 fully saturated rings. The van der Waals surface area contributed by atoms with Gasteiger partial charge in [0, 0.05) is 17.3 Å². The van der Waals surface area contributed by atoms with Gasteiger partial charge >= 0.3 is 0 Å². The van der Waals surface area contributed by atoms with Crippen molar-refractivity contribution in [2.45, 2.75) is 26.2 Å². The standard InChI is InChI=1S/C15H14N4O/c1-15(2,3)14-19-12-6-11(4-5-13(12)20-14)18-9-10(7-16)8-17/h4-6,9,18H,1-3H3. The Kier molecular flexibility index (Phi) is 3.45. The van der Waals surface area contributed by atoms with E-state index >= 15 is 0 Å². The number of nitriles is 2. The van der Waals surface area contributed by atoms with Crippen molar-refractivity contribution in [2.75, 3.05) is 5.32 Å². The van der Waals surface area contributed by atoms with Gasteiger partial charge in [-0.05, 0) is 18.2 Å². The second-order valence-electron chi connectivity index (χ2n) is 5.38. The molecule has 5 nitrogen and oxygen atoms in total. The van der Waals surface area contributed by atoms with Crippen LogP contribution in [0.1, 0.15) is 26.7 Å². The van der Waals surface area contributed by atoms with Crippen molar-refractivity contribution in [3.63, 3.8) is 0 Å². The molecule has 0 aliphatic heterocycles. The Morgan fingerprint density at radius 3 is 2.60 bits per heavy atom. The third-order valence-electron chi connectivity index (χ3n) is 2.65. The van der Waals surface area contributed by atoms with Crippen LogP contribution in [-0.2, 0) is 5.41 Å². The fourth-order valence-corrected chi connectivity index (χ4v) is 1.58. The van der Waals surface area contributed by atoms with Crippen LogP contribution in [0.4, 0.5) is 5.69 Å². The van der Waals surface area contributed by atoms with Crippen LogP contribution in [0, 0.1) is 22.7 Å². The minimum Gasteiger partial charge on any atom is -0.440 e. The average molecular weight is 266 g/mol. The first-order chi connectivity index (χ1) is 9.44. The Balaban J connectivity index is 2.33. The summed E-state index contributed by atoms with van der Waals surface area (Å²) in [6, 6.07) is 9.01. The van der Waals surface area contributed by atoms with Gasteiger partial charge in [-0.15, -0.1) is 0 Å². The SMILES string of the molecule is CC(C)(C)c1nc2cc(NC=C(C#N)C#N)ccc2o1. The second-order valence-corrected chi connectivity index (χ2v) is 5.38. The average Bonchev–Trinajstić information content (AvgIpc) is 2.83. The van der Waals surface area contributed by atoms with Crippen LogP contribution in [0.3, 0.4) is 0 Å². The number of aromatic nitrogens is 1. The van der Waals surface area contributed by atoms with Crippen LogP contribution in [-0.4, -0.2) is 4.98 Å². The van der Waals surface area contributed by atoms with Gasteiger partial charge < -0.3 is 9.73 Å². The highest BCUT2D eigenvalue weighted by atomic mass is 16.3. The van der Waals surface area contributed by atoms with E-state index in [0.29, 0.717) is 11.5 Å². The van der Waals surface area contributed by atoms with Gasteiger partial charge in [0.25, 0.3) is 0 Å². The molecule has 1 aromatic carbocycles. The molecule has 0 bridgehead atoms. The zero-order valence-electron chi connectivity index (χ0n) is 11.6. The highest BCUT2D eigenvalue weighted by Gasteiger charge is 2.20.